The number of thiazole rings is 1. The molecule has 4 nitrogen and oxygen atoms in total. The molecule has 114 valence electrons. The zero-order valence-corrected chi connectivity index (χ0v) is 12.1. The summed E-state index contributed by atoms with van der Waals surface area (Å²) in [6.45, 7) is 1.72. The minimum absolute atomic E-state index is 0.141. The quantitative estimate of drug-likeness (QED) is 0.759. The van der Waals surface area contributed by atoms with Crippen LogP contribution < -0.4 is 5.73 Å². The van der Waals surface area contributed by atoms with Crippen molar-refractivity contribution in [3.63, 3.8) is 0 Å². The molecular formula is C14H10F3N3OS. The zero-order chi connectivity index (χ0) is 15.9. The Morgan fingerprint density at radius 2 is 2.05 bits per heavy atom. The lowest BCUT2D eigenvalue weighted by Crippen LogP contribution is -2.04. The molecular weight excluding hydrogens is 315 g/mol. The highest BCUT2D eigenvalue weighted by Crippen LogP contribution is 2.36. The van der Waals surface area contributed by atoms with Gasteiger partial charge in [0.05, 0.1) is 22.5 Å². The van der Waals surface area contributed by atoms with Crippen molar-refractivity contribution in [2.75, 3.05) is 5.73 Å². The Bertz CT molecular complexity index is 803. The number of hydrogen-bond acceptors (Lipinski definition) is 5. The molecule has 2 N–H and O–H groups in total. The topological polar surface area (TPSA) is 64.9 Å². The van der Waals surface area contributed by atoms with Crippen molar-refractivity contribution in [1.29, 1.82) is 0 Å². The molecule has 0 aliphatic carbocycles. The van der Waals surface area contributed by atoms with E-state index in [4.69, 9.17) is 10.3 Å². The van der Waals surface area contributed by atoms with Gasteiger partial charge >= 0.3 is 6.18 Å². The van der Waals surface area contributed by atoms with Crippen LogP contribution in [0.3, 0.4) is 0 Å². The summed E-state index contributed by atoms with van der Waals surface area (Å²) in [4.78, 5) is 4.34. The second-order valence-corrected chi connectivity index (χ2v) is 5.48. The van der Waals surface area contributed by atoms with Gasteiger partial charge in [0.1, 0.15) is 5.01 Å². The van der Waals surface area contributed by atoms with Gasteiger partial charge in [-0.1, -0.05) is 17.3 Å². The van der Waals surface area contributed by atoms with Crippen LogP contribution in [-0.2, 0) is 6.18 Å². The van der Waals surface area contributed by atoms with Crippen molar-refractivity contribution >= 4 is 17.2 Å². The monoisotopic (exact) mass is 325 g/mol. The molecule has 1 aromatic carbocycles. The van der Waals surface area contributed by atoms with E-state index >= 15 is 0 Å². The lowest BCUT2D eigenvalue weighted by Gasteiger charge is -2.07. The van der Waals surface area contributed by atoms with Crippen molar-refractivity contribution in [2.24, 2.45) is 0 Å². The largest absolute Gasteiger partial charge is 0.416 e. The van der Waals surface area contributed by atoms with Gasteiger partial charge in [0.25, 0.3) is 0 Å². The molecule has 2 heterocycles. The molecule has 22 heavy (non-hydrogen) atoms. The van der Waals surface area contributed by atoms with Crippen LogP contribution in [0.4, 0.5) is 19.1 Å². The van der Waals surface area contributed by atoms with Gasteiger partial charge in [-0.25, -0.2) is 4.98 Å². The average molecular weight is 325 g/mol. The van der Waals surface area contributed by atoms with E-state index in [1.54, 1.807) is 18.4 Å². The Kier molecular flexibility index (Phi) is 3.40. The summed E-state index contributed by atoms with van der Waals surface area (Å²) in [5.74, 6) is 0.141. The number of halogens is 3. The molecule has 0 aliphatic rings. The molecule has 8 heteroatoms. The van der Waals surface area contributed by atoms with E-state index in [-0.39, 0.29) is 5.88 Å². The van der Waals surface area contributed by atoms with Crippen LogP contribution >= 0.6 is 11.3 Å². The van der Waals surface area contributed by atoms with E-state index in [1.807, 2.05) is 0 Å². The maximum atomic E-state index is 12.8. The maximum Gasteiger partial charge on any atom is 0.416 e. The van der Waals surface area contributed by atoms with E-state index in [1.165, 1.54) is 17.4 Å². The van der Waals surface area contributed by atoms with Crippen LogP contribution in [0.25, 0.3) is 21.8 Å². The van der Waals surface area contributed by atoms with Gasteiger partial charge in [-0.15, -0.1) is 11.3 Å². The van der Waals surface area contributed by atoms with Crippen LogP contribution in [0, 0.1) is 6.92 Å². The first-order valence-electron chi connectivity index (χ1n) is 6.21. The normalized spacial score (nSPS) is 11.8. The van der Waals surface area contributed by atoms with Crippen LogP contribution in [0.1, 0.15) is 11.3 Å². The number of benzene rings is 1. The van der Waals surface area contributed by atoms with Gasteiger partial charge in [0.15, 0.2) is 0 Å². The molecule has 0 fully saturated rings. The fraction of sp³-hybridized carbons (Fsp3) is 0.143. The van der Waals surface area contributed by atoms with Gasteiger partial charge in [-0.3, -0.25) is 0 Å². The maximum absolute atomic E-state index is 12.8. The Morgan fingerprint density at radius 3 is 2.68 bits per heavy atom. The van der Waals surface area contributed by atoms with Crippen LogP contribution in [0.5, 0.6) is 0 Å². The van der Waals surface area contributed by atoms with E-state index < -0.39 is 11.7 Å². The average Bonchev–Trinajstić information content (AvgIpc) is 3.05. The van der Waals surface area contributed by atoms with Crippen molar-refractivity contribution in [2.45, 2.75) is 13.1 Å². The van der Waals surface area contributed by atoms with Crippen molar-refractivity contribution in [3.05, 3.63) is 40.9 Å². The number of nitrogen functional groups attached to an aromatic ring is 1. The second kappa shape index (κ2) is 5.13. The Morgan fingerprint density at radius 1 is 1.27 bits per heavy atom. The smallest absolute Gasteiger partial charge is 0.367 e. The van der Waals surface area contributed by atoms with Crippen molar-refractivity contribution < 1.29 is 17.7 Å². The highest BCUT2D eigenvalue weighted by molar-refractivity contribution is 7.13. The van der Waals surface area contributed by atoms with Gasteiger partial charge < -0.3 is 10.3 Å². The number of anilines is 1. The van der Waals surface area contributed by atoms with E-state index in [0.717, 1.165) is 12.1 Å². The first-order valence-corrected chi connectivity index (χ1v) is 7.09. The van der Waals surface area contributed by atoms with E-state index in [0.29, 0.717) is 27.5 Å². The van der Waals surface area contributed by atoms with Crippen LogP contribution in [0.2, 0.25) is 0 Å². The highest BCUT2D eigenvalue weighted by atomic mass is 32.1. The third-order valence-corrected chi connectivity index (χ3v) is 3.95. The lowest BCUT2D eigenvalue weighted by atomic mass is 10.1. The Hall–Kier alpha value is -2.35. The number of hydrogen-bond donors (Lipinski definition) is 1. The number of nitrogens with two attached hydrogens (primary N) is 1. The van der Waals surface area contributed by atoms with Crippen molar-refractivity contribution in [3.8, 4) is 21.8 Å². The lowest BCUT2D eigenvalue weighted by molar-refractivity contribution is -0.137. The molecule has 2 aromatic heterocycles. The zero-order valence-electron chi connectivity index (χ0n) is 11.3. The van der Waals surface area contributed by atoms with Crippen molar-refractivity contribution in [1.82, 2.24) is 10.1 Å². The Labute approximate surface area is 127 Å². The summed E-state index contributed by atoms with van der Waals surface area (Å²) < 4.78 is 43.2. The molecule has 0 amide bonds. The summed E-state index contributed by atoms with van der Waals surface area (Å²) in [5.41, 5.74) is 6.98. The molecule has 0 bridgehead atoms. The van der Waals surface area contributed by atoms with Gasteiger partial charge in [-0.05, 0) is 19.1 Å². The fourth-order valence-corrected chi connectivity index (χ4v) is 2.95. The molecule has 0 radical (unpaired) electrons. The van der Waals surface area contributed by atoms with E-state index in [9.17, 15) is 13.2 Å². The third kappa shape index (κ3) is 2.57. The molecule has 3 rings (SSSR count). The van der Waals surface area contributed by atoms with Crippen LogP contribution in [-0.4, -0.2) is 10.1 Å². The summed E-state index contributed by atoms with van der Waals surface area (Å²) in [6.07, 6.45) is -4.38. The molecule has 0 saturated heterocycles. The van der Waals surface area contributed by atoms with Gasteiger partial charge in [0, 0.05) is 10.9 Å². The molecule has 0 aliphatic heterocycles. The first kappa shape index (κ1) is 14.6. The molecule has 0 spiro atoms. The Balaban J connectivity index is 2.02. The van der Waals surface area contributed by atoms with Crippen LogP contribution in [0.15, 0.2) is 34.2 Å². The molecule has 0 unspecified atom stereocenters. The van der Waals surface area contributed by atoms with Gasteiger partial charge in [0.2, 0.25) is 5.88 Å². The van der Waals surface area contributed by atoms with E-state index in [2.05, 4.69) is 10.1 Å². The minimum atomic E-state index is -4.38. The highest BCUT2D eigenvalue weighted by Gasteiger charge is 2.30. The minimum Gasteiger partial charge on any atom is -0.367 e. The SMILES string of the molecule is Cc1noc(N)c1-c1nc(-c2cccc(C(F)(F)F)c2)cs1. The summed E-state index contributed by atoms with van der Waals surface area (Å²) in [7, 11) is 0. The standard InChI is InChI=1S/C14H10F3N3OS/c1-7-11(12(18)21-20-7)13-19-10(6-22-13)8-3-2-4-9(5-8)14(15,16)17/h2-6H,18H2,1H3. The molecule has 3 aromatic rings. The number of nitrogens with zero attached hydrogens (tertiary/aromatic N) is 2. The number of aryl methyl sites for hydroxylation is 1. The summed E-state index contributed by atoms with van der Waals surface area (Å²) >= 11 is 1.27. The summed E-state index contributed by atoms with van der Waals surface area (Å²) in [6, 6.07) is 5.04. The predicted octanol–water partition coefficient (Wildman–Crippen LogP) is 4.37. The number of rotatable bonds is 2. The fourth-order valence-electron chi connectivity index (χ4n) is 2.02. The number of aromatic nitrogens is 2. The molecule has 0 saturated carbocycles. The number of alkyl halides is 3. The first-order chi connectivity index (χ1) is 10.4. The predicted molar refractivity (Wildman–Crippen MR) is 77.2 cm³/mol. The summed E-state index contributed by atoms with van der Waals surface area (Å²) in [5, 5.41) is 5.98. The third-order valence-electron chi connectivity index (χ3n) is 3.09. The van der Waals surface area contributed by atoms with Gasteiger partial charge in [-0.2, -0.15) is 13.2 Å². The molecule has 0 atom stereocenters. The second-order valence-electron chi connectivity index (χ2n) is 4.62.